The molecule has 0 unspecified atom stereocenters. The zero-order valence-corrected chi connectivity index (χ0v) is 14.2. The minimum atomic E-state index is -0.122. The van der Waals surface area contributed by atoms with Crippen LogP contribution in [0.2, 0.25) is 0 Å². The fourth-order valence-corrected chi connectivity index (χ4v) is 3.49. The summed E-state index contributed by atoms with van der Waals surface area (Å²) in [5.74, 6) is 0.596. The van der Waals surface area contributed by atoms with Gasteiger partial charge in [-0.25, -0.2) is 0 Å². The largest absolute Gasteiger partial charge is 0.291 e. The SMILES string of the molecule is Cc1ccc(C=c2sc3nc(-c4ccccc4C)nn3c2=O)cc1. The zero-order chi connectivity index (χ0) is 16.7. The lowest BCUT2D eigenvalue weighted by Gasteiger charge is -1.98. The predicted molar refractivity (Wildman–Crippen MR) is 97.3 cm³/mol. The van der Waals surface area contributed by atoms with E-state index >= 15 is 0 Å². The van der Waals surface area contributed by atoms with Crippen molar-refractivity contribution in [3.8, 4) is 11.4 Å². The molecule has 4 nitrogen and oxygen atoms in total. The topological polar surface area (TPSA) is 47.3 Å². The van der Waals surface area contributed by atoms with Gasteiger partial charge in [-0.3, -0.25) is 4.79 Å². The lowest BCUT2D eigenvalue weighted by molar-refractivity contribution is 0.936. The zero-order valence-electron chi connectivity index (χ0n) is 13.4. The van der Waals surface area contributed by atoms with Gasteiger partial charge in [0.1, 0.15) is 0 Å². The third-order valence-electron chi connectivity index (χ3n) is 3.94. The fraction of sp³-hybridized carbons (Fsp3) is 0.105. The summed E-state index contributed by atoms with van der Waals surface area (Å²) in [7, 11) is 0. The van der Waals surface area contributed by atoms with Crippen LogP contribution in [0, 0.1) is 13.8 Å². The minimum absolute atomic E-state index is 0.122. The third-order valence-corrected chi connectivity index (χ3v) is 4.90. The van der Waals surface area contributed by atoms with Crippen LogP contribution >= 0.6 is 11.3 Å². The first kappa shape index (κ1) is 14.8. The second kappa shape index (κ2) is 5.69. The Morgan fingerprint density at radius 3 is 2.50 bits per heavy atom. The smallest absolute Gasteiger partial charge is 0.266 e. The average Bonchev–Trinajstić information content (AvgIpc) is 3.10. The summed E-state index contributed by atoms with van der Waals surface area (Å²) >= 11 is 1.37. The van der Waals surface area contributed by atoms with Gasteiger partial charge in [0.05, 0.1) is 4.53 Å². The molecule has 0 N–H and O–H groups in total. The van der Waals surface area contributed by atoms with E-state index in [0.29, 0.717) is 15.3 Å². The molecule has 0 atom stereocenters. The fourth-order valence-electron chi connectivity index (χ4n) is 2.59. The van der Waals surface area contributed by atoms with Crippen LogP contribution in [0.5, 0.6) is 0 Å². The first-order valence-corrected chi connectivity index (χ1v) is 8.47. The maximum atomic E-state index is 12.6. The molecule has 0 aliphatic heterocycles. The van der Waals surface area contributed by atoms with E-state index in [-0.39, 0.29) is 5.56 Å². The van der Waals surface area contributed by atoms with E-state index < -0.39 is 0 Å². The minimum Gasteiger partial charge on any atom is -0.266 e. The van der Waals surface area contributed by atoms with Crippen LogP contribution in [0.15, 0.2) is 53.3 Å². The van der Waals surface area contributed by atoms with Gasteiger partial charge >= 0.3 is 0 Å². The van der Waals surface area contributed by atoms with E-state index in [1.165, 1.54) is 21.4 Å². The summed E-state index contributed by atoms with van der Waals surface area (Å²) in [5.41, 5.74) is 4.12. The molecule has 0 aliphatic carbocycles. The highest BCUT2D eigenvalue weighted by Crippen LogP contribution is 2.20. The maximum Gasteiger partial charge on any atom is 0.291 e. The molecule has 118 valence electrons. The normalized spacial score (nSPS) is 12.2. The van der Waals surface area contributed by atoms with Crippen LogP contribution in [0.25, 0.3) is 22.4 Å². The van der Waals surface area contributed by atoms with Crippen LogP contribution in [0.3, 0.4) is 0 Å². The number of fused-ring (bicyclic) bond motifs is 1. The first-order chi connectivity index (χ1) is 11.6. The number of aromatic nitrogens is 3. The molecular formula is C19H15N3OS. The number of rotatable bonds is 2. The second-order valence-electron chi connectivity index (χ2n) is 5.77. The molecule has 0 saturated heterocycles. The highest BCUT2D eigenvalue weighted by Gasteiger charge is 2.13. The van der Waals surface area contributed by atoms with Crippen LogP contribution in [-0.2, 0) is 0 Å². The number of nitrogens with zero attached hydrogens (tertiary/aromatic N) is 3. The quantitative estimate of drug-likeness (QED) is 0.566. The molecule has 2 aromatic heterocycles. The van der Waals surface area contributed by atoms with Gasteiger partial charge in [0.2, 0.25) is 4.96 Å². The first-order valence-electron chi connectivity index (χ1n) is 7.66. The summed E-state index contributed by atoms with van der Waals surface area (Å²) in [4.78, 5) is 17.7. The van der Waals surface area contributed by atoms with Gasteiger partial charge in [-0.15, -0.1) is 5.10 Å². The average molecular weight is 333 g/mol. The molecule has 0 spiro atoms. The van der Waals surface area contributed by atoms with Gasteiger partial charge in [0.15, 0.2) is 5.82 Å². The van der Waals surface area contributed by atoms with Gasteiger partial charge < -0.3 is 0 Å². The monoisotopic (exact) mass is 333 g/mol. The van der Waals surface area contributed by atoms with Crippen LogP contribution in [-0.4, -0.2) is 14.6 Å². The van der Waals surface area contributed by atoms with Crippen LogP contribution in [0.1, 0.15) is 16.7 Å². The van der Waals surface area contributed by atoms with E-state index in [4.69, 9.17) is 0 Å². The molecule has 0 aliphatic rings. The number of benzene rings is 2. The molecule has 24 heavy (non-hydrogen) atoms. The Bertz CT molecular complexity index is 1140. The highest BCUT2D eigenvalue weighted by atomic mass is 32.1. The van der Waals surface area contributed by atoms with E-state index in [0.717, 1.165) is 16.7 Å². The number of aryl methyl sites for hydroxylation is 2. The Labute approximate surface area is 142 Å². The molecule has 2 aromatic carbocycles. The van der Waals surface area contributed by atoms with Gasteiger partial charge in [-0.05, 0) is 31.1 Å². The lowest BCUT2D eigenvalue weighted by Crippen LogP contribution is -2.23. The molecule has 4 aromatic rings. The Morgan fingerprint density at radius 2 is 1.79 bits per heavy atom. The van der Waals surface area contributed by atoms with Crippen LogP contribution in [0.4, 0.5) is 0 Å². The standard InChI is InChI=1S/C19H15N3OS/c1-12-7-9-14(10-8-12)11-16-18(23)22-19(24-16)20-17(21-22)15-6-4-3-5-13(15)2/h3-11H,1-2H3. The van der Waals surface area contributed by atoms with Gasteiger partial charge in [0, 0.05) is 5.56 Å². The van der Waals surface area contributed by atoms with Gasteiger partial charge in [0.25, 0.3) is 5.56 Å². The Balaban J connectivity index is 1.83. The van der Waals surface area contributed by atoms with Crippen molar-refractivity contribution in [1.29, 1.82) is 0 Å². The van der Waals surface area contributed by atoms with Gasteiger partial charge in [-0.1, -0.05) is 65.4 Å². The maximum absolute atomic E-state index is 12.6. The molecule has 0 saturated carbocycles. The molecule has 5 heteroatoms. The van der Waals surface area contributed by atoms with Crippen LogP contribution < -0.4 is 10.1 Å². The molecule has 2 heterocycles. The molecule has 0 fully saturated rings. The Hall–Kier alpha value is -2.79. The van der Waals surface area contributed by atoms with Crippen molar-refractivity contribution in [2.45, 2.75) is 13.8 Å². The van der Waals surface area contributed by atoms with Crippen molar-refractivity contribution in [1.82, 2.24) is 14.6 Å². The third kappa shape index (κ3) is 2.53. The van der Waals surface area contributed by atoms with E-state index in [1.54, 1.807) is 0 Å². The number of thiazole rings is 1. The van der Waals surface area contributed by atoms with E-state index in [1.807, 2.05) is 68.5 Å². The summed E-state index contributed by atoms with van der Waals surface area (Å²) in [6, 6.07) is 16.0. The molecular weight excluding hydrogens is 318 g/mol. The second-order valence-corrected chi connectivity index (χ2v) is 6.78. The van der Waals surface area contributed by atoms with E-state index in [9.17, 15) is 4.79 Å². The number of hydrogen-bond donors (Lipinski definition) is 0. The number of hydrogen-bond acceptors (Lipinski definition) is 4. The van der Waals surface area contributed by atoms with Crippen molar-refractivity contribution in [2.75, 3.05) is 0 Å². The van der Waals surface area contributed by atoms with Gasteiger partial charge in [-0.2, -0.15) is 9.50 Å². The summed E-state index contributed by atoms with van der Waals surface area (Å²) in [6.45, 7) is 4.05. The van der Waals surface area contributed by atoms with Crippen molar-refractivity contribution in [3.05, 3.63) is 80.1 Å². The van der Waals surface area contributed by atoms with Crippen molar-refractivity contribution < 1.29 is 0 Å². The molecule has 0 bridgehead atoms. The predicted octanol–water partition coefficient (Wildman–Crippen LogP) is 2.98. The molecule has 0 amide bonds. The highest BCUT2D eigenvalue weighted by molar-refractivity contribution is 7.15. The summed E-state index contributed by atoms with van der Waals surface area (Å²) in [5, 5.41) is 4.40. The molecule has 0 radical (unpaired) electrons. The van der Waals surface area contributed by atoms with Crippen molar-refractivity contribution in [2.24, 2.45) is 0 Å². The molecule has 4 rings (SSSR count). The Kier molecular flexibility index (Phi) is 3.50. The summed E-state index contributed by atoms with van der Waals surface area (Å²) < 4.78 is 2.04. The Morgan fingerprint density at radius 1 is 1.04 bits per heavy atom. The van der Waals surface area contributed by atoms with Crippen molar-refractivity contribution in [3.63, 3.8) is 0 Å². The lowest BCUT2D eigenvalue weighted by atomic mass is 10.1. The summed E-state index contributed by atoms with van der Waals surface area (Å²) in [6.07, 6.45) is 1.89. The van der Waals surface area contributed by atoms with E-state index in [2.05, 4.69) is 10.1 Å². The van der Waals surface area contributed by atoms with Crippen molar-refractivity contribution >= 4 is 22.4 Å².